The van der Waals surface area contributed by atoms with E-state index in [4.69, 9.17) is 9.47 Å². The van der Waals surface area contributed by atoms with E-state index in [2.05, 4.69) is 22.5 Å². The number of methoxy groups -OCH3 is 2. The Morgan fingerprint density at radius 3 is 2.38 bits per heavy atom. The standard InChI is InChI=1S/C18H23N3O3/c1-4-5-8-19-14-6-7-17(20-12-14)21-18(22)13-9-15(23-2)11-16(10-13)24-3/h6-7,9-12,19H,4-5,8H2,1-3H3,(H,20,21,22). The zero-order valence-electron chi connectivity index (χ0n) is 14.3. The van der Waals surface area contributed by atoms with Crippen LogP contribution >= 0.6 is 0 Å². The summed E-state index contributed by atoms with van der Waals surface area (Å²) < 4.78 is 10.4. The molecule has 0 fully saturated rings. The molecule has 0 unspecified atom stereocenters. The topological polar surface area (TPSA) is 72.5 Å². The Kier molecular flexibility index (Phi) is 6.42. The fraction of sp³-hybridized carbons (Fsp3) is 0.333. The van der Waals surface area contributed by atoms with Crippen molar-refractivity contribution in [3.63, 3.8) is 0 Å². The van der Waals surface area contributed by atoms with E-state index in [1.54, 1.807) is 44.7 Å². The zero-order valence-corrected chi connectivity index (χ0v) is 14.3. The van der Waals surface area contributed by atoms with Crippen LogP contribution in [0.5, 0.6) is 11.5 Å². The highest BCUT2D eigenvalue weighted by Crippen LogP contribution is 2.23. The summed E-state index contributed by atoms with van der Waals surface area (Å²) in [7, 11) is 3.09. The highest BCUT2D eigenvalue weighted by molar-refractivity contribution is 6.04. The van der Waals surface area contributed by atoms with Gasteiger partial charge in [0.1, 0.15) is 17.3 Å². The van der Waals surface area contributed by atoms with Gasteiger partial charge in [-0.25, -0.2) is 4.98 Å². The van der Waals surface area contributed by atoms with Gasteiger partial charge in [-0.2, -0.15) is 0 Å². The van der Waals surface area contributed by atoms with Gasteiger partial charge in [0.2, 0.25) is 0 Å². The van der Waals surface area contributed by atoms with E-state index in [-0.39, 0.29) is 5.91 Å². The van der Waals surface area contributed by atoms with Crippen molar-refractivity contribution in [3.8, 4) is 11.5 Å². The molecule has 0 atom stereocenters. The van der Waals surface area contributed by atoms with Crippen LogP contribution in [-0.4, -0.2) is 31.7 Å². The number of unbranched alkanes of at least 4 members (excludes halogenated alkanes) is 1. The second-order valence-electron chi connectivity index (χ2n) is 5.27. The van der Waals surface area contributed by atoms with Gasteiger partial charge in [-0.1, -0.05) is 13.3 Å². The summed E-state index contributed by atoms with van der Waals surface area (Å²) in [6.07, 6.45) is 3.95. The van der Waals surface area contributed by atoms with Gasteiger partial charge in [-0.15, -0.1) is 0 Å². The van der Waals surface area contributed by atoms with Crippen LogP contribution in [0.25, 0.3) is 0 Å². The van der Waals surface area contributed by atoms with Crippen molar-refractivity contribution in [1.82, 2.24) is 4.98 Å². The molecule has 24 heavy (non-hydrogen) atoms. The van der Waals surface area contributed by atoms with Crippen LogP contribution < -0.4 is 20.1 Å². The van der Waals surface area contributed by atoms with Gasteiger partial charge in [0, 0.05) is 18.2 Å². The maximum Gasteiger partial charge on any atom is 0.257 e. The zero-order chi connectivity index (χ0) is 17.4. The Balaban J connectivity index is 2.04. The Hall–Kier alpha value is -2.76. The minimum atomic E-state index is -0.272. The number of hydrogen-bond donors (Lipinski definition) is 2. The number of anilines is 2. The monoisotopic (exact) mass is 329 g/mol. The van der Waals surface area contributed by atoms with E-state index in [1.807, 2.05) is 6.07 Å². The number of benzene rings is 1. The molecule has 1 aromatic carbocycles. The lowest BCUT2D eigenvalue weighted by Gasteiger charge is -2.10. The number of nitrogens with zero attached hydrogens (tertiary/aromatic N) is 1. The molecular weight excluding hydrogens is 306 g/mol. The number of ether oxygens (including phenoxy) is 2. The fourth-order valence-corrected chi connectivity index (χ4v) is 2.11. The Bertz CT molecular complexity index is 649. The van der Waals surface area contributed by atoms with Crippen LogP contribution in [0.4, 0.5) is 11.5 Å². The molecule has 2 aromatic rings. The van der Waals surface area contributed by atoms with Gasteiger partial charge in [0.15, 0.2) is 0 Å². The maximum atomic E-state index is 12.4. The highest BCUT2D eigenvalue weighted by Gasteiger charge is 2.10. The van der Waals surface area contributed by atoms with Gasteiger partial charge in [0.25, 0.3) is 5.91 Å². The summed E-state index contributed by atoms with van der Waals surface area (Å²) in [5.41, 5.74) is 1.38. The first-order valence-corrected chi connectivity index (χ1v) is 7.90. The minimum absolute atomic E-state index is 0.272. The van der Waals surface area contributed by atoms with Crippen LogP contribution in [0, 0.1) is 0 Å². The SMILES string of the molecule is CCCCNc1ccc(NC(=O)c2cc(OC)cc(OC)c2)nc1. The molecule has 1 heterocycles. The first kappa shape index (κ1) is 17.6. The molecule has 6 nitrogen and oxygen atoms in total. The normalized spacial score (nSPS) is 10.1. The molecule has 0 aliphatic rings. The summed E-state index contributed by atoms with van der Waals surface area (Å²) in [4.78, 5) is 16.6. The van der Waals surface area contributed by atoms with Gasteiger partial charge in [0.05, 0.1) is 26.1 Å². The number of pyridine rings is 1. The third kappa shape index (κ3) is 4.87. The number of rotatable bonds is 8. The Morgan fingerprint density at radius 2 is 1.83 bits per heavy atom. The quantitative estimate of drug-likeness (QED) is 0.725. The van der Waals surface area contributed by atoms with Crippen molar-refractivity contribution in [3.05, 3.63) is 42.1 Å². The number of nitrogens with one attached hydrogen (secondary N) is 2. The summed E-state index contributed by atoms with van der Waals surface area (Å²) in [6.45, 7) is 3.06. The van der Waals surface area contributed by atoms with Crippen LogP contribution in [0.2, 0.25) is 0 Å². The average molecular weight is 329 g/mol. The lowest BCUT2D eigenvalue weighted by atomic mass is 10.2. The van der Waals surface area contributed by atoms with Crippen LogP contribution in [0.3, 0.4) is 0 Å². The number of carbonyl (C=O) groups excluding carboxylic acids is 1. The van der Waals surface area contributed by atoms with Crippen molar-refractivity contribution < 1.29 is 14.3 Å². The number of carbonyl (C=O) groups is 1. The van der Waals surface area contributed by atoms with Crippen molar-refractivity contribution in [2.24, 2.45) is 0 Å². The number of amides is 1. The smallest absolute Gasteiger partial charge is 0.257 e. The van der Waals surface area contributed by atoms with E-state index in [9.17, 15) is 4.79 Å². The number of hydrogen-bond acceptors (Lipinski definition) is 5. The first-order chi connectivity index (χ1) is 11.7. The summed E-state index contributed by atoms with van der Waals surface area (Å²) in [5, 5.41) is 6.05. The van der Waals surface area contributed by atoms with Crippen molar-refractivity contribution in [2.45, 2.75) is 19.8 Å². The molecule has 6 heteroatoms. The summed E-state index contributed by atoms with van der Waals surface area (Å²) in [6, 6.07) is 8.68. The molecule has 0 aliphatic heterocycles. The van der Waals surface area contributed by atoms with Gasteiger partial charge in [-0.05, 0) is 30.7 Å². The van der Waals surface area contributed by atoms with E-state index >= 15 is 0 Å². The Labute approximate surface area is 142 Å². The molecule has 1 amide bonds. The molecule has 128 valence electrons. The third-order valence-electron chi connectivity index (χ3n) is 3.48. The predicted molar refractivity (Wildman–Crippen MR) is 95.1 cm³/mol. The second kappa shape index (κ2) is 8.76. The summed E-state index contributed by atoms with van der Waals surface area (Å²) in [5.74, 6) is 1.33. The average Bonchev–Trinajstić information content (AvgIpc) is 2.62. The second-order valence-corrected chi connectivity index (χ2v) is 5.27. The maximum absolute atomic E-state index is 12.4. The van der Waals surface area contributed by atoms with Crippen LogP contribution in [-0.2, 0) is 0 Å². The van der Waals surface area contributed by atoms with Crippen molar-refractivity contribution >= 4 is 17.4 Å². The van der Waals surface area contributed by atoms with Crippen LogP contribution in [0.1, 0.15) is 30.1 Å². The molecule has 2 rings (SSSR count). The van der Waals surface area contributed by atoms with E-state index in [0.29, 0.717) is 22.9 Å². The third-order valence-corrected chi connectivity index (χ3v) is 3.48. The molecule has 0 saturated carbocycles. The van der Waals surface area contributed by atoms with Crippen LogP contribution in [0.15, 0.2) is 36.5 Å². The van der Waals surface area contributed by atoms with E-state index < -0.39 is 0 Å². The molecule has 0 spiro atoms. The van der Waals surface area contributed by atoms with Gasteiger partial charge in [-0.3, -0.25) is 4.79 Å². The lowest BCUT2D eigenvalue weighted by molar-refractivity contribution is 0.102. The molecule has 0 radical (unpaired) electrons. The molecule has 0 saturated heterocycles. The molecule has 2 N–H and O–H groups in total. The van der Waals surface area contributed by atoms with Gasteiger partial charge < -0.3 is 20.1 Å². The summed E-state index contributed by atoms with van der Waals surface area (Å²) >= 11 is 0. The van der Waals surface area contributed by atoms with E-state index in [0.717, 1.165) is 25.1 Å². The largest absolute Gasteiger partial charge is 0.497 e. The van der Waals surface area contributed by atoms with E-state index in [1.165, 1.54) is 0 Å². The fourth-order valence-electron chi connectivity index (χ4n) is 2.11. The molecular formula is C18H23N3O3. The first-order valence-electron chi connectivity index (χ1n) is 7.90. The molecule has 0 aliphatic carbocycles. The molecule has 0 bridgehead atoms. The predicted octanol–water partition coefficient (Wildman–Crippen LogP) is 3.56. The minimum Gasteiger partial charge on any atom is -0.497 e. The van der Waals surface area contributed by atoms with Crippen molar-refractivity contribution in [2.75, 3.05) is 31.4 Å². The highest BCUT2D eigenvalue weighted by atomic mass is 16.5. The molecule has 1 aromatic heterocycles. The Morgan fingerprint density at radius 1 is 1.12 bits per heavy atom. The van der Waals surface area contributed by atoms with Gasteiger partial charge >= 0.3 is 0 Å². The van der Waals surface area contributed by atoms with Crippen molar-refractivity contribution in [1.29, 1.82) is 0 Å². The number of aromatic nitrogens is 1. The lowest BCUT2D eigenvalue weighted by Crippen LogP contribution is -2.13.